The Hall–Kier alpha value is -3.04. The average Bonchev–Trinajstić information content (AvgIpc) is 3.01. The Labute approximate surface area is 260 Å². The molecule has 45 heavy (non-hydrogen) atoms. The molecule has 250 valence electrons. The van der Waals surface area contributed by atoms with Gasteiger partial charge in [0.15, 0.2) is 5.78 Å². The molecule has 0 bridgehead atoms. The molecular formula is C32H44O13. The van der Waals surface area contributed by atoms with Gasteiger partial charge in [0.25, 0.3) is 0 Å². The number of carbonyl (C=O) groups is 2. The van der Waals surface area contributed by atoms with Crippen LogP contribution in [0.5, 0.6) is 17.2 Å². The fourth-order valence-electron chi connectivity index (χ4n) is 6.93. The Bertz CT molecular complexity index is 1390. The first-order chi connectivity index (χ1) is 21.3. The van der Waals surface area contributed by atoms with Crippen molar-refractivity contribution in [1.29, 1.82) is 0 Å². The Morgan fingerprint density at radius 2 is 1.87 bits per heavy atom. The van der Waals surface area contributed by atoms with Crippen molar-refractivity contribution in [2.24, 2.45) is 17.8 Å². The molecule has 0 unspecified atom stereocenters. The van der Waals surface area contributed by atoms with Gasteiger partial charge < -0.3 is 55.1 Å². The van der Waals surface area contributed by atoms with E-state index in [0.29, 0.717) is 26.1 Å². The summed E-state index contributed by atoms with van der Waals surface area (Å²) in [5.74, 6) is -2.91. The van der Waals surface area contributed by atoms with Gasteiger partial charge in [-0.25, -0.2) is 4.79 Å². The van der Waals surface area contributed by atoms with Crippen LogP contribution in [-0.2, 0) is 9.47 Å². The van der Waals surface area contributed by atoms with Crippen molar-refractivity contribution in [2.75, 3.05) is 26.4 Å². The molecule has 0 amide bonds. The maximum atomic E-state index is 12.3. The molecule has 4 rings (SSSR count). The second-order valence-corrected chi connectivity index (χ2v) is 12.3. The third kappa shape index (κ3) is 6.75. The molecule has 0 aliphatic carbocycles. The second kappa shape index (κ2) is 14.2. The van der Waals surface area contributed by atoms with Crippen molar-refractivity contribution >= 4 is 22.5 Å². The van der Waals surface area contributed by atoms with E-state index in [1.54, 1.807) is 0 Å². The first-order valence-electron chi connectivity index (χ1n) is 15.2. The number of hydrogen-bond acceptors (Lipinski definition) is 12. The van der Waals surface area contributed by atoms with Gasteiger partial charge in [0.1, 0.15) is 41.2 Å². The summed E-state index contributed by atoms with van der Waals surface area (Å²) >= 11 is 0. The number of phenolic OH excluding ortho intramolecular Hbond substituents is 2. The first-order valence-corrected chi connectivity index (χ1v) is 15.2. The number of ether oxygens (including phenoxy) is 3. The van der Waals surface area contributed by atoms with Crippen molar-refractivity contribution in [3.05, 3.63) is 28.8 Å². The lowest BCUT2D eigenvalue weighted by Crippen LogP contribution is -2.67. The van der Waals surface area contributed by atoms with E-state index in [-0.39, 0.29) is 64.0 Å². The highest BCUT2D eigenvalue weighted by molar-refractivity contribution is 6.11. The number of fused-ring (bicyclic) bond motifs is 1. The van der Waals surface area contributed by atoms with E-state index in [9.17, 15) is 50.4 Å². The highest BCUT2D eigenvalue weighted by Gasteiger charge is 2.55. The average molecular weight is 637 g/mol. The normalized spacial score (nSPS) is 29.4. The Balaban J connectivity index is 1.62. The lowest BCUT2D eigenvalue weighted by molar-refractivity contribution is -0.315. The summed E-state index contributed by atoms with van der Waals surface area (Å²) in [6.45, 7) is 5.06. The molecule has 2 saturated heterocycles. The summed E-state index contributed by atoms with van der Waals surface area (Å²) in [4.78, 5) is 24.2. The Morgan fingerprint density at radius 1 is 1.16 bits per heavy atom. The molecule has 2 aromatic carbocycles. The van der Waals surface area contributed by atoms with Crippen molar-refractivity contribution in [1.82, 2.24) is 0 Å². The topological polar surface area (TPSA) is 224 Å². The second-order valence-electron chi connectivity index (χ2n) is 12.3. The molecule has 13 nitrogen and oxygen atoms in total. The zero-order valence-electron chi connectivity index (χ0n) is 25.7. The molecular weight excluding hydrogens is 592 g/mol. The quantitative estimate of drug-likeness (QED) is 0.123. The molecule has 8 atom stereocenters. The number of aliphatic hydroxyl groups is 5. The Kier molecular flexibility index (Phi) is 11.0. The Morgan fingerprint density at radius 3 is 2.49 bits per heavy atom. The number of aromatic carboxylic acids is 1. The van der Waals surface area contributed by atoms with Crippen LogP contribution in [0, 0.1) is 24.7 Å². The largest absolute Gasteiger partial charge is 0.507 e. The highest BCUT2D eigenvalue weighted by Crippen LogP contribution is 2.46. The van der Waals surface area contributed by atoms with Gasteiger partial charge in [0.05, 0.1) is 23.1 Å². The lowest BCUT2D eigenvalue weighted by Gasteiger charge is -2.48. The van der Waals surface area contributed by atoms with Crippen LogP contribution in [0.25, 0.3) is 10.8 Å². The predicted octanol–water partition coefficient (Wildman–Crippen LogP) is 1.85. The maximum absolute atomic E-state index is 12.3. The van der Waals surface area contributed by atoms with E-state index in [1.165, 1.54) is 13.8 Å². The van der Waals surface area contributed by atoms with Gasteiger partial charge in [0, 0.05) is 30.8 Å². The zero-order valence-corrected chi connectivity index (χ0v) is 25.7. The van der Waals surface area contributed by atoms with Crippen LogP contribution in [0.2, 0.25) is 0 Å². The molecule has 2 aliphatic heterocycles. The van der Waals surface area contributed by atoms with Gasteiger partial charge in [0.2, 0.25) is 6.29 Å². The number of carboxylic acids is 1. The van der Waals surface area contributed by atoms with Crippen molar-refractivity contribution in [2.45, 2.75) is 83.1 Å². The van der Waals surface area contributed by atoms with Crippen LogP contribution in [0.15, 0.2) is 12.1 Å². The van der Waals surface area contributed by atoms with Gasteiger partial charge in [-0.15, -0.1) is 0 Å². The third-order valence-corrected chi connectivity index (χ3v) is 9.54. The fraction of sp³-hybridized carbons (Fsp3) is 0.625. The van der Waals surface area contributed by atoms with E-state index in [0.717, 1.165) is 25.0 Å². The lowest BCUT2D eigenvalue weighted by atomic mass is 9.72. The highest BCUT2D eigenvalue weighted by atomic mass is 16.7. The first kappa shape index (κ1) is 34.8. The number of Topliss-reactive ketones (excluding diaryl/α,β-unsaturated/α-hetero) is 1. The molecule has 2 heterocycles. The standard InChI is InChI=1S/C32H44O13/c1-15(20-7-10-43-14-18(20)5-4-9-33)6-8-32(42)23(13-34)45-31(28(38)29(32)39)44-22-12-19(30(40)41)11-21-25(22)27(37)24(17(3)35)16(2)26(21)36/h11-12,15,18,20,23,28-29,31,33-34,36-39,42H,4-10,13-14H2,1-3H3,(H,40,41)/t15-,18+,20+,23-,28-,29-,31+,32-/m1/s1. The van der Waals surface area contributed by atoms with Gasteiger partial charge in [-0.2, -0.15) is 0 Å². The number of aromatic hydroxyl groups is 2. The number of hydrogen-bond donors (Lipinski definition) is 8. The molecule has 2 aromatic rings. The summed E-state index contributed by atoms with van der Waals surface area (Å²) in [5, 5.41) is 84.6. The maximum Gasteiger partial charge on any atom is 0.335 e. The summed E-state index contributed by atoms with van der Waals surface area (Å²) < 4.78 is 17.2. The molecule has 0 spiro atoms. The number of rotatable bonds is 12. The summed E-state index contributed by atoms with van der Waals surface area (Å²) in [6.07, 6.45) is -4.35. The van der Waals surface area contributed by atoms with Gasteiger partial charge in [-0.3, -0.25) is 4.79 Å². The molecule has 2 aliphatic rings. The molecule has 8 N–H and O–H groups in total. The number of phenols is 2. The minimum Gasteiger partial charge on any atom is -0.507 e. The van der Waals surface area contributed by atoms with Crippen LogP contribution in [0.1, 0.15) is 72.2 Å². The van der Waals surface area contributed by atoms with Crippen molar-refractivity contribution < 1.29 is 64.7 Å². The van der Waals surface area contributed by atoms with E-state index in [1.807, 2.05) is 6.92 Å². The van der Waals surface area contributed by atoms with Crippen LogP contribution >= 0.6 is 0 Å². The molecule has 0 radical (unpaired) electrons. The van der Waals surface area contributed by atoms with Crippen molar-refractivity contribution in [3.8, 4) is 17.2 Å². The minimum absolute atomic E-state index is 0.0190. The number of ketones is 1. The molecule has 2 fully saturated rings. The van der Waals surface area contributed by atoms with Crippen molar-refractivity contribution in [3.63, 3.8) is 0 Å². The van der Waals surface area contributed by atoms with Gasteiger partial charge in [-0.05, 0) is 75.8 Å². The molecule has 0 saturated carbocycles. The van der Waals surface area contributed by atoms with E-state index in [2.05, 4.69) is 0 Å². The minimum atomic E-state index is -2.08. The summed E-state index contributed by atoms with van der Waals surface area (Å²) in [7, 11) is 0. The smallest absolute Gasteiger partial charge is 0.335 e. The summed E-state index contributed by atoms with van der Waals surface area (Å²) in [5.41, 5.74) is -2.65. The number of aliphatic hydroxyl groups excluding tert-OH is 4. The van der Waals surface area contributed by atoms with Crippen LogP contribution in [0.3, 0.4) is 0 Å². The molecule has 13 heteroatoms. The predicted molar refractivity (Wildman–Crippen MR) is 159 cm³/mol. The zero-order chi connectivity index (χ0) is 33.2. The van der Waals surface area contributed by atoms with Crippen LogP contribution in [-0.4, -0.2) is 109 Å². The monoisotopic (exact) mass is 636 g/mol. The van der Waals surface area contributed by atoms with Gasteiger partial charge in [-0.1, -0.05) is 6.92 Å². The number of benzene rings is 2. The van der Waals surface area contributed by atoms with Gasteiger partial charge >= 0.3 is 5.97 Å². The van der Waals surface area contributed by atoms with E-state index < -0.39 is 60.1 Å². The van der Waals surface area contributed by atoms with Crippen LogP contribution < -0.4 is 4.74 Å². The fourth-order valence-corrected chi connectivity index (χ4v) is 6.93. The van der Waals surface area contributed by atoms with Crippen LogP contribution in [0.4, 0.5) is 0 Å². The number of carboxylic acid groups (broad SMARTS) is 1. The summed E-state index contributed by atoms with van der Waals surface area (Å²) in [6, 6.07) is 2.09. The van der Waals surface area contributed by atoms with E-state index in [4.69, 9.17) is 14.2 Å². The molecule has 0 aromatic heterocycles. The SMILES string of the molecule is CC(=O)c1c(C)c(O)c2cc(C(=O)O)cc(O[C@H]3O[C@H](CO)[C@](O)(CC[C@@H](C)[C@@H]4CCOC[C@@H]4CCCO)[C@H](O)[C@H]3O)c2c1O. The third-order valence-electron chi connectivity index (χ3n) is 9.54. The number of carbonyl (C=O) groups excluding carboxylic acids is 1. The van der Waals surface area contributed by atoms with E-state index >= 15 is 0 Å².